The average molecular weight is 225 g/mol. The van der Waals surface area contributed by atoms with Gasteiger partial charge >= 0.3 is 5.97 Å². The number of aliphatic hydroxyl groups is 1. The van der Waals surface area contributed by atoms with Crippen molar-refractivity contribution < 1.29 is 14.6 Å². The fourth-order valence-electron chi connectivity index (χ4n) is 0.634. The van der Waals surface area contributed by atoms with Gasteiger partial charge in [-0.1, -0.05) is 23.2 Å². The normalized spacial score (nSPS) is 10.1. The van der Waals surface area contributed by atoms with Gasteiger partial charge < -0.3 is 14.8 Å². The van der Waals surface area contributed by atoms with Gasteiger partial charge in [-0.25, -0.2) is 9.78 Å². The molecular weight excluding hydrogens is 219 g/mol. The number of esters is 1. The first-order chi connectivity index (χ1) is 6.15. The molecular formula is C6H6Cl2N2O3. The third-order valence-electron chi connectivity index (χ3n) is 1.14. The summed E-state index contributed by atoms with van der Waals surface area (Å²) in [4.78, 5) is 17.0. The molecule has 1 heterocycles. The highest BCUT2D eigenvalue weighted by atomic mass is 35.5. The molecule has 0 atom stereocenters. The predicted octanol–water partition coefficient (Wildman–Crippen LogP) is 0.866. The highest BCUT2D eigenvalue weighted by Gasteiger charge is 2.14. The van der Waals surface area contributed by atoms with Crippen molar-refractivity contribution in [1.29, 1.82) is 0 Å². The van der Waals surface area contributed by atoms with E-state index in [1.165, 1.54) is 0 Å². The number of carbonyl (C=O) groups is 1. The lowest BCUT2D eigenvalue weighted by Crippen LogP contribution is -2.10. The van der Waals surface area contributed by atoms with Crippen LogP contribution in [0.25, 0.3) is 0 Å². The van der Waals surface area contributed by atoms with E-state index in [4.69, 9.17) is 28.3 Å². The van der Waals surface area contributed by atoms with Crippen molar-refractivity contribution in [3.05, 3.63) is 16.1 Å². The van der Waals surface area contributed by atoms with Crippen molar-refractivity contribution in [1.82, 2.24) is 9.97 Å². The zero-order valence-corrected chi connectivity index (χ0v) is 7.89. The number of hydrogen-bond acceptors (Lipinski definition) is 4. The van der Waals surface area contributed by atoms with Gasteiger partial charge in [-0.15, -0.1) is 0 Å². The first kappa shape index (κ1) is 10.3. The molecule has 0 aliphatic carbocycles. The number of ether oxygens (including phenoxy) is 1. The van der Waals surface area contributed by atoms with Crippen LogP contribution in [0.4, 0.5) is 0 Å². The number of aromatic amines is 1. The quantitative estimate of drug-likeness (QED) is 0.748. The average Bonchev–Trinajstić information content (AvgIpc) is 2.43. The fraction of sp³-hybridized carbons (Fsp3) is 0.333. The summed E-state index contributed by atoms with van der Waals surface area (Å²) in [7, 11) is 0. The molecule has 1 aromatic rings. The van der Waals surface area contributed by atoms with Crippen LogP contribution in [0.15, 0.2) is 0 Å². The lowest BCUT2D eigenvalue weighted by atomic mass is 10.6. The van der Waals surface area contributed by atoms with E-state index >= 15 is 0 Å². The maximum absolute atomic E-state index is 11.0. The molecule has 2 N–H and O–H groups in total. The second-order valence-corrected chi connectivity index (χ2v) is 2.79. The highest BCUT2D eigenvalue weighted by molar-refractivity contribution is 6.40. The first-order valence-corrected chi connectivity index (χ1v) is 4.09. The van der Waals surface area contributed by atoms with Crippen LogP contribution in [0.5, 0.6) is 0 Å². The number of H-pyrrole nitrogens is 1. The van der Waals surface area contributed by atoms with E-state index in [0.29, 0.717) is 0 Å². The van der Waals surface area contributed by atoms with Crippen LogP contribution >= 0.6 is 23.2 Å². The summed E-state index contributed by atoms with van der Waals surface area (Å²) >= 11 is 11.0. The van der Waals surface area contributed by atoms with E-state index in [1.54, 1.807) is 0 Å². The molecule has 1 rings (SSSR count). The van der Waals surface area contributed by atoms with Crippen molar-refractivity contribution in [2.24, 2.45) is 0 Å². The maximum atomic E-state index is 11.0. The second-order valence-electron chi connectivity index (χ2n) is 2.05. The van der Waals surface area contributed by atoms with E-state index in [0.717, 1.165) is 0 Å². The Kier molecular flexibility index (Phi) is 3.53. The summed E-state index contributed by atoms with van der Waals surface area (Å²) in [5.41, 5.74) is 0. The van der Waals surface area contributed by atoms with Gasteiger partial charge in [0.05, 0.1) is 6.61 Å². The Morgan fingerprint density at radius 1 is 1.62 bits per heavy atom. The van der Waals surface area contributed by atoms with E-state index in [1.807, 2.05) is 0 Å². The van der Waals surface area contributed by atoms with E-state index in [2.05, 4.69) is 14.7 Å². The van der Waals surface area contributed by atoms with Gasteiger partial charge in [0.15, 0.2) is 5.15 Å². The monoisotopic (exact) mass is 224 g/mol. The van der Waals surface area contributed by atoms with Gasteiger partial charge in [-0.2, -0.15) is 0 Å². The molecule has 1 aromatic heterocycles. The van der Waals surface area contributed by atoms with Crippen molar-refractivity contribution >= 4 is 29.2 Å². The minimum atomic E-state index is -0.706. The Labute approximate surface area is 83.6 Å². The Hall–Kier alpha value is -0.780. The fourth-order valence-corrected chi connectivity index (χ4v) is 0.898. The summed E-state index contributed by atoms with van der Waals surface area (Å²) in [6.07, 6.45) is 0. The van der Waals surface area contributed by atoms with Crippen LogP contribution in [-0.4, -0.2) is 34.3 Å². The van der Waals surface area contributed by atoms with Crippen molar-refractivity contribution in [3.8, 4) is 0 Å². The van der Waals surface area contributed by atoms with Crippen molar-refractivity contribution in [2.45, 2.75) is 0 Å². The number of carbonyl (C=O) groups excluding carboxylic acids is 1. The molecule has 13 heavy (non-hydrogen) atoms. The third-order valence-corrected chi connectivity index (χ3v) is 1.78. The maximum Gasteiger partial charge on any atom is 0.374 e. The standard InChI is InChI=1S/C6H6Cl2N2O3/c7-3-4(8)10-5(9-3)6(12)13-2-1-11/h11H,1-2H2,(H,9,10). The van der Waals surface area contributed by atoms with Gasteiger partial charge in [0.1, 0.15) is 11.8 Å². The van der Waals surface area contributed by atoms with Gasteiger partial charge in [0.25, 0.3) is 0 Å². The smallest absolute Gasteiger partial charge is 0.374 e. The van der Waals surface area contributed by atoms with E-state index in [9.17, 15) is 4.79 Å². The summed E-state index contributed by atoms with van der Waals surface area (Å²) in [6.45, 7) is -0.331. The molecule has 0 aliphatic rings. The molecule has 0 radical (unpaired) electrons. The Bertz CT molecular complexity index is 293. The summed E-state index contributed by atoms with van der Waals surface area (Å²) in [5.74, 6) is -0.786. The van der Waals surface area contributed by atoms with Gasteiger partial charge in [0.2, 0.25) is 5.82 Å². The molecule has 0 aliphatic heterocycles. The second kappa shape index (κ2) is 4.45. The van der Waals surface area contributed by atoms with Crippen LogP contribution in [0.3, 0.4) is 0 Å². The molecule has 0 unspecified atom stereocenters. The van der Waals surface area contributed by atoms with Crippen LogP contribution < -0.4 is 0 Å². The van der Waals surface area contributed by atoms with Gasteiger partial charge in [-0.3, -0.25) is 0 Å². The zero-order valence-electron chi connectivity index (χ0n) is 6.38. The largest absolute Gasteiger partial charge is 0.457 e. The predicted molar refractivity (Wildman–Crippen MR) is 46.0 cm³/mol. The number of nitrogens with one attached hydrogen (secondary N) is 1. The molecule has 72 valence electrons. The zero-order chi connectivity index (χ0) is 9.84. The van der Waals surface area contributed by atoms with Crippen molar-refractivity contribution in [3.63, 3.8) is 0 Å². The highest BCUT2D eigenvalue weighted by Crippen LogP contribution is 2.17. The number of aliphatic hydroxyl groups excluding tert-OH is 1. The van der Waals surface area contributed by atoms with Gasteiger partial charge in [-0.05, 0) is 0 Å². The third kappa shape index (κ3) is 2.58. The Morgan fingerprint density at radius 3 is 2.77 bits per heavy atom. The van der Waals surface area contributed by atoms with E-state index < -0.39 is 5.97 Å². The summed E-state index contributed by atoms with van der Waals surface area (Å²) in [6, 6.07) is 0. The molecule has 0 saturated carbocycles. The molecule has 0 fully saturated rings. The SMILES string of the molecule is O=C(OCCO)c1nc(Cl)c(Cl)[nH]1. The molecule has 0 spiro atoms. The number of imidazole rings is 1. The number of halogens is 2. The summed E-state index contributed by atoms with van der Waals surface area (Å²) in [5, 5.41) is 8.45. The van der Waals surface area contributed by atoms with E-state index in [-0.39, 0.29) is 29.3 Å². The van der Waals surface area contributed by atoms with Crippen LogP contribution in [0.2, 0.25) is 10.3 Å². The molecule has 0 aromatic carbocycles. The number of hydrogen-bond donors (Lipinski definition) is 2. The minimum absolute atomic E-state index is 0.0117. The molecule has 0 saturated heterocycles. The first-order valence-electron chi connectivity index (χ1n) is 3.34. The Balaban J connectivity index is 2.66. The molecule has 0 bridgehead atoms. The van der Waals surface area contributed by atoms with Crippen molar-refractivity contribution in [2.75, 3.05) is 13.2 Å². The minimum Gasteiger partial charge on any atom is -0.457 e. The lowest BCUT2D eigenvalue weighted by Gasteiger charge is -1.97. The number of nitrogens with zero attached hydrogens (tertiary/aromatic N) is 1. The Morgan fingerprint density at radius 2 is 2.31 bits per heavy atom. The molecule has 5 nitrogen and oxygen atoms in total. The summed E-state index contributed by atoms with van der Waals surface area (Å²) < 4.78 is 4.55. The molecule has 7 heteroatoms. The number of aromatic nitrogens is 2. The van der Waals surface area contributed by atoms with Gasteiger partial charge in [0, 0.05) is 0 Å². The van der Waals surface area contributed by atoms with Crippen LogP contribution in [0.1, 0.15) is 10.6 Å². The number of rotatable bonds is 3. The topological polar surface area (TPSA) is 75.2 Å². The van der Waals surface area contributed by atoms with Crippen LogP contribution in [0, 0.1) is 0 Å². The molecule has 0 amide bonds. The van der Waals surface area contributed by atoms with Crippen LogP contribution in [-0.2, 0) is 4.74 Å². The lowest BCUT2D eigenvalue weighted by molar-refractivity contribution is 0.0421.